The second-order valence-corrected chi connectivity index (χ2v) is 2.47. The summed E-state index contributed by atoms with van der Waals surface area (Å²) in [5.41, 5.74) is 0. The topological polar surface area (TPSA) is 29.5 Å². The lowest BCUT2D eigenvalue weighted by atomic mass is 10.0. The van der Waals surface area contributed by atoms with Crippen LogP contribution in [0.25, 0.3) is 0 Å². The second kappa shape index (κ2) is 2.43. The molecule has 1 rings (SSSR count). The molecule has 1 aliphatic rings. The molecule has 60 valence electrons. The molecule has 1 saturated heterocycles. The number of hydrogen-bond acceptors (Lipinski definition) is 2. The van der Waals surface area contributed by atoms with Gasteiger partial charge < -0.3 is 9.84 Å². The molecule has 1 aliphatic heterocycles. The number of alkyl halides is 2. The average molecular weight is 152 g/mol. The predicted octanol–water partition coefficient (Wildman–Crippen LogP) is 0.996. The van der Waals surface area contributed by atoms with Gasteiger partial charge in [0.05, 0.1) is 12.5 Å². The van der Waals surface area contributed by atoms with Crippen molar-refractivity contribution in [3.05, 3.63) is 0 Å². The fourth-order valence-electron chi connectivity index (χ4n) is 1.02. The lowest BCUT2D eigenvalue weighted by molar-refractivity contribution is -0.187. The van der Waals surface area contributed by atoms with Crippen LogP contribution in [-0.2, 0) is 4.74 Å². The van der Waals surface area contributed by atoms with Gasteiger partial charge in [0, 0.05) is 0 Å². The van der Waals surface area contributed by atoms with E-state index in [0.29, 0.717) is 6.42 Å². The lowest BCUT2D eigenvalue weighted by Gasteiger charge is -2.16. The summed E-state index contributed by atoms with van der Waals surface area (Å²) in [5.74, 6) is -3.86. The molecular formula is C6H10F2O2. The van der Waals surface area contributed by atoms with Crippen LogP contribution in [0.4, 0.5) is 8.78 Å². The van der Waals surface area contributed by atoms with Gasteiger partial charge in [-0.15, -0.1) is 0 Å². The Balaban J connectivity index is 2.64. The molecule has 0 amide bonds. The van der Waals surface area contributed by atoms with Crippen LogP contribution in [-0.4, -0.2) is 23.9 Å². The van der Waals surface area contributed by atoms with E-state index in [9.17, 15) is 8.78 Å². The Morgan fingerprint density at radius 1 is 1.70 bits per heavy atom. The van der Waals surface area contributed by atoms with Gasteiger partial charge in [-0.3, -0.25) is 0 Å². The third kappa shape index (κ3) is 1.01. The molecule has 10 heavy (non-hydrogen) atoms. The minimum Gasteiger partial charge on any atom is -0.363 e. The molecule has 0 aromatic rings. The Bertz CT molecular complexity index is 127. The SMILES string of the molecule is CCC1COC(O)C1(F)F. The first-order chi connectivity index (χ1) is 4.59. The van der Waals surface area contributed by atoms with E-state index < -0.39 is 18.1 Å². The van der Waals surface area contributed by atoms with Gasteiger partial charge in [0.2, 0.25) is 6.29 Å². The van der Waals surface area contributed by atoms with E-state index in [1.165, 1.54) is 0 Å². The van der Waals surface area contributed by atoms with Crippen LogP contribution in [0.15, 0.2) is 0 Å². The summed E-state index contributed by atoms with van der Waals surface area (Å²) in [4.78, 5) is 0. The number of ether oxygens (including phenoxy) is 1. The van der Waals surface area contributed by atoms with E-state index >= 15 is 0 Å². The van der Waals surface area contributed by atoms with Crippen molar-refractivity contribution in [2.75, 3.05) is 6.61 Å². The van der Waals surface area contributed by atoms with Crippen LogP contribution in [0.2, 0.25) is 0 Å². The van der Waals surface area contributed by atoms with Crippen molar-refractivity contribution in [1.82, 2.24) is 0 Å². The highest BCUT2D eigenvalue weighted by molar-refractivity contribution is 4.84. The Hall–Kier alpha value is -0.220. The van der Waals surface area contributed by atoms with E-state index in [0.717, 1.165) is 0 Å². The maximum Gasteiger partial charge on any atom is 0.302 e. The van der Waals surface area contributed by atoms with Gasteiger partial charge in [-0.25, -0.2) is 8.78 Å². The van der Waals surface area contributed by atoms with Crippen molar-refractivity contribution in [2.45, 2.75) is 25.6 Å². The Morgan fingerprint density at radius 3 is 2.50 bits per heavy atom. The summed E-state index contributed by atoms with van der Waals surface area (Å²) >= 11 is 0. The molecule has 1 fully saturated rings. The lowest BCUT2D eigenvalue weighted by Crippen LogP contribution is -2.33. The third-order valence-electron chi connectivity index (χ3n) is 1.82. The van der Waals surface area contributed by atoms with Crippen LogP contribution in [0.3, 0.4) is 0 Å². The number of hydrogen-bond donors (Lipinski definition) is 1. The molecule has 0 radical (unpaired) electrons. The summed E-state index contributed by atoms with van der Waals surface area (Å²) in [6.07, 6.45) is -1.55. The van der Waals surface area contributed by atoms with Gasteiger partial charge in [0.15, 0.2) is 0 Å². The van der Waals surface area contributed by atoms with E-state index in [4.69, 9.17) is 5.11 Å². The number of aliphatic hydroxyl groups is 1. The molecule has 2 unspecified atom stereocenters. The molecule has 2 nitrogen and oxygen atoms in total. The van der Waals surface area contributed by atoms with Gasteiger partial charge >= 0.3 is 5.92 Å². The van der Waals surface area contributed by atoms with Crippen molar-refractivity contribution < 1.29 is 18.6 Å². The third-order valence-corrected chi connectivity index (χ3v) is 1.82. The van der Waals surface area contributed by atoms with E-state index in [1.807, 2.05) is 0 Å². The fraction of sp³-hybridized carbons (Fsp3) is 1.00. The van der Waals surface area contributed by atoms with Crippen molar-refractivity contribution in [3.63, 3.8) is 0 Å². The van der Waals surface area contributed by atoms with Crippen molar-refractivity contribution in [2.24, 2.45) is 5.92 Å². The van der Waals surface area contributed by atoms with Crippen LogP contribution in [0, 0.1) is 5.92 Å². The number of rotatable bonds is 1. The maximum absolute atomic E-state index is 12.6. The van der Waals surface area contributed by atoms with Crippen LogP contribution < -0.4 is 0 Å². The molecule has 0 aliphatic carbocycles. The zero-order chi connectivity index (χ0) is 7.78. The van der Waals surface area contributed by atoms with Gasteiger partial charge in [-0.2, -0.15) is 0 Å². The summed E-state index contributed by atoms with van der Waals surface area (Å²) in [7, 11) is 0. The fourth-order valence-corrected chi connectivity index (χ4v) is 1.02. The molecular weight excluding hydrogens is 142 g/mol. The van der Waals surface area contributed by atoms with Crippen molar-refractivity contribution >= 4 is 0 Å². The zero-order valence-electron chi connectivity index (χ0n) is 5.68. The molecule has 4 heteroatoms. The standard InChI is InChI=1S/C6H10F2O2/c1-2-4-3-10-5(9)6(4,7)8/h4-5,9H,2-3H2,1H3. The Morgan fingerprint density at radius 2 is 2.30 bits per heavy atom. The molecule has 0 aromatic heterocycles. The average Bonchev–Trinajstić information content (AvgIpc) is 2.10. The van der Waals surface area contributed by atoms with Gasteiger partial charge in [-0.1, -0.05) is 6.92 Å². The van der Waals surface area contributed by atoms with Crippen molar-refractivity contribution in [3.8, 4) is 0 Å². The second-order valence-electron chi connectivity index (χ2n) is 2.47. The molecule has 1 heterocycles. The molecule has 2 atom stereocenters. The highest BCUT2D eigenvalue weighted by Crippen LogP contribution is 2.37. The molecule has 1 N–H and O–H groups in total. The first-order valence-electron chi connectivity index (χ1n) is 3.26. The Labute approximate surface area is 57.8 Å². The number of aliphatic hydroxyl groups excluding tert-OH is 1. The molecule has 0 saturated carbocycles. The minimum absolute atomic E-state index is 0.0370. The maximum atomic E-state index is 12.6. The summed E-state index contributed by atoms with van der Waals surface area (Å²) in [6.45, 7) is 1.62. The predicted molar refractivity (Wildman–Crippen MR) is 30.7 cm³/mol. The Kier molecular flexibility index (Phi) is 1.92. The van der Waals surface area contributed by atoms with Crippen LogP contribution in [0.1, 0.15) is 13.3 Å². The highest BCUT2D eigenvalue weighted by atomic mass is 19.3. The zero-order valence-corrected chi connectivity index (χ0v) is 5.68. The largest absolute Gasteiger partial charge is 0.363 e. The summed E-state index contributed by atoms with van der Waals surface area (Å²) in [6, 6.07) is 0. The summed E-state index contributed by atoms with van der Waals surface area (Å²) < 4.78 is 29.6. The van der Waals surface area contributed by atoms with Gasteiger partial charge in [0.1, 0.15) is 0 Å². The first kappa shape index (κ1) is 7.88. The highest BCUT2D eigenvalue weighted by Gasteiger charge is 2.51. The smallest absolute Gasteiger partial charge is 0.302 e. The van der Waals surface area contributed by atoms with Crippen LogP contribution in [0.5, 0.6) is 0 Å². The van der Waals surface area contributed by atoms with Gasteiger partial charge in [0.25, 0.3) is 0 Å². The first-order valence-corrected chi connectivity index (χ1v) is 3.26. The number of halogens is 2. The summed E-state index contributed by atoms with van der Waals surface area (Å²) in [5, 5.41) is 8.59. The van der Waals surface area contributed by atoms with E-state index in [2.05, 4.69) is 4.74 Å². The van der Waals surface area contributed by atoms with Crippen molar-refractivity contribution in [1.29, 1.82) is 0 Å². The molecule has 0 bridgehead atoms. The van der Waals surface area contributed by atoms with Crippen LogP contribution >= 0.6 is 0 Å². The van der Waals surface area contributed by atoms with E-state index in [1.54, 1.807) is 6.92 Å². The normalized spacial score (nSPS) is 38.4. The quantitative estimate of drug-likeness (QED) is 0.607. The molecule has 0 spiro atoms. The minimum atomic E-state index is -3.05. The monoisotopic (exact) mass is 152 g/mol. The van der Waals surface area contributed by atoms with Gasteiger partial charge in [-0.05, 0) is 6.42 Å². The molecule has 0 aromatic carbocycles. The van der Waals surface area contributed by atoms with E-state index in [-0.39, 0.29) is 6.61 Å².